The maximum atomic E-state index is 13.1. The van der Waals surface area contributed by atoms with Crippen LogP contribution >= 0.6 is 15.9 Å². The third-order valence-electron chi connectivity index (χ3n) is 2.53. The van der Waals surface area contributed by atoms with Gasteiger partial charge in [0.1, 0.15) is 17.3 Å². The molecule has 0 aliphatic carbocycles. The lowest BCUT2D eigenvalue weighted by Gasteiger charge is -2.09. The summed E-state index contributed by atoms with van der Waals surface area (Å²) in [5, 5.41) is 0. The van der Waals surface area contributed by atoms with Crippen LogP contribution in [0.5, 0.6) is 11.5 Å². The van der Waals surface area contributed by atoms with Crippen LogP contribution in [0.15, 0.2) is 40.9 Å². The Kier molecular flexibility index (Phi) is 3.85. The zero-order valence-electron chi connectivity index (χ0n) is 10.1. The second-order valence-electron chi connectivity index (χ2n) is 3.98. The van der Waals surface area contributed by atoms with Gasteiger partial charge in [-0.25, -0.2) is 4.39 Å². The molecular formula is C14H11BrFNO2. The van der Waals surface area contributed by atoms with E-state index in [1.807, 2.05) is 0 Å². The van der Waals surface area contributed by atoms with Gasteiger partial charge in [0.2, 0.25) is 0 Å². The van der Waals surface area contributed by atoms with Gasteiger partial charge >= 0.3 is 0 Å². The number of nitrogen functional groups attached to an aromatic ring is 1. The van der Waals surface area contributed by atoms with Crippen molar-refractivity contribution >= 4 is 27.4 Å². The molecule has 2 aromatic rings. The Bertz CT molecular complexity index is 643. The molecule has 3 nitrogen and oxygen atoms in total. The molecule has 5 heteroatoms. The number of halogens is 2. The van der Waals surface area contributed by atoms with Crippen LogP contribution in [0.4, 0.5) is 10.1 Å². The van der Waals surface area contributed by atoms with Crippen molar-refractivity contribution in [2.24, 2.45) is 0 Å². The molecule has 2 N–H and O–H groups in total. The minimum absolute atomic E-state index is 0.136. The van der Waals surface area contributed by atoms with Crippen LogP contribution in [0.2, 0.25) is 0 Å². The number of hydrogen-bond donors (Lipinski definition) is 1. The van der Waals surface area contributed by atoms with E-state index < -0.39 is 0 Å². The largest absolute Gasteiger partial charge is 0.457 e. The molecule has 0 amide bonds. The van der Waals surface area contributed by atoms with Crippen molar-refractivity contribution in [1.82, 2.24) is 0 Å². The molecule has 0 unspecified atom stereocenters. The molecule has 2 rings (SSSR count). The molecule has 0 aliphatic heterocycles. The Morgan fingerprint density at radius 1 is 1.21 bits per heavy atom. The van der Waals surface area contributed by atoms with Gasteiger partial charge in [0, 0.05) is 11.3 Å². The van der Waals surface area contributed by atoms with Crippen LogP contribution in [-0.4, -0.2) is 5.78 Å². The maximum Gasteiger partial charge on any atom is 0.162 e. The number of hydrogen-bond acceptors (Lipinski definition) is 3. The monoisotopic (exact) mass is 323 g/mol. The predicted octanol–water partition coefficient (Wildman–Crippen LogP) is 4.17. The predicted molar refractivity (Wildman–Crippen MR) is 75.0 cm³/mol. The van der Waals surface area contributed by atoms with Crippen molar-refractivity contribution in [2.45, 2.75) is 6.92 Å². The first-order valence-corrected chi connectivity index (χ1v) is 6.30. The van der Waals surface area contributed by atoms with Gasteiger partial charge in [0.05, 0.1) is 4.47 Å². The van der Waals surface area contributed by atoms with Crippen LogP contribution in [0, 0.1) is 5.82 Å². The number of ether oxygens (including phenoxy) is 1. The molecule has 98 valence electrons. The van der Waals surface area contributed by atoms with E-state index in [1.54, 1.807) is 18.2 Å². The lowest BCUT2D eigenvalue weighted by Crippen LogP contribution is -1.99. The Morgan fingerprint density at radius 3 is 2.47 bits per heavy atom. The lowest BCUT2D eigenvalue weighted by molar-refractivity contribution is 0.101. The highest BCUT2D eigenvalue weighted by molar-refractivity contribution is 9.10. The van der Waals surface area contributed by atoms with Crippen LogP contribution in [0.25, 0.3) is 0 Å². The first-order chi connectivity index (χ1) is 8.97. The van der Waals surface area contributed by atoms with Gasteiger partial charge in [-0.1, -0.05) is 0 Å². The number of ketones is 1. The highest BCUT2D eigenvalue weighted by atomic mass is 79.9. The zero-order chi connectivity index (χ0) is 14.0. The minimum Gasteiger partial charge on any atom is -0.457 e. The fourth-order valence-electron chi connectivity index (χ4n) is 1.58. The molecule has 2 aromatic carbocycles. The molecule has 0 bridgehead atoms. The van der Waals surface area contributed by atoms with E-state index in [4.69, 9.17) is 10.5 Å². The molecule has 0 fully saturated rings. The Morgan fingerprint density at radius 2 is 1.84 bits per heavy atom. The lowest BCUT2D eigenvalue weighted by atomic mass is 10.1. The summed E-state index contributed by atoms with van der Waals surface area (Å²) in [7, 11) is 0. The second-order valence-corrected chi connectivity index (χ2v) is 4.84. The Balaban J connectivity index is 2.30. The average molecular weight is 324 g/mol. The van der Waals surface area contributed by atoms with Crippen LogP contribution in [0.1, 0.15) is 17.3 Å². The summed E-state index contributed by atoms with van der Waals surface area (Å²) in [6.45, 7) is 1.43. The summed E-state index contributed by atoms with van der Waals surface area (Å²) in [5.41, 5.74) is 6.50. The first-order valence-electron chi connectivity index (χ1n) is 5.51. The number of carbonyl (C=O) groups excluding carboxylic acids is 1. The molecule has 0 spiro atoms. The standard InChI is InChI=1S/C14H11BrFNO2/c1-8(18)11-6-9(3-5-14(11)17)19-10-2-4-13(16)12(15)7-10/h2-7H,17H2,1H3. The molecule has 0 radical (unpaired) electrons. The highest BCUT2D eigenvalue weighted by Gasteiger charge is 2.08. The molecule has 0 aromatic heterocycles. The Hall–Kier alpha value is -1.88. The maximum absolute atomic E-state index is 13.1. The van der Waals surface area contributed by atoms with E-state index in [1.165, 1.54) is 25.1 Å². The number of nitrogens with two attached hydrogens (primary N) is 1. The highest BCUT2D eigenvalue weighted by Crippen LogP contribution is 2.28. The first kappa shape index (κ1) is 13.5. The summed E-state index contributed by atoms with van der Waals surface area (Å²) >= 11 is 3.08. The van der Waals surface area contributed by atoms with E-state index in [-0.39, 0.29) is 11.6 Å². The molecule has 0 heterocycles. The Labute approximate surface area is 118 Å². The second kappa shape index (κ2) is 5.40. The number of anilines is 1. The van der Waals surface area contributed by atoms with Gasteiger partial charge in [-0.2, -0.15) is 0 Å². The number of rotatable bonds is 3. The van der Waals surface area contributed by atoms with E-state index in [0.717, 1.165) is 0 Å². The van der Waals surface area contributed by atoms with Gasteiger partial charge in [-0.05, 0) is 59.3 Å². The molecule has 0 aliphatic rings. The summed E-state index contributed by atoms with van der Waals surface area (Å²) < 4.78 is 19.0. The van der Waals surface area contributed by atoms with Crippen molar-refractivity contribution in [3.8, 4) is 11.5 Å². The quantitative estimate of drug-likeness (QED) is 0.681. The van der Waals surface area contributed by atoms with E-state index in [0.29, 0.717) is 27.2 Å². The fraction of sp³-hybridized carbons (Fsp3) is 0.0714. The minimum atomic E-state index is -0.367. The van der Waals surface area contributed by atoms with Crippen LogP contribution in [0.3, 0.4) is 0 Å². The fourth-order valence-corrected chi connectivity index (χ4v) is 1.94. The van der Waals surface area contributed by atoms with Crippen molar-refractivity contribution in [2.75, 3.05) is 5.73 Å². The zero-order valence-corrected chi connectivity index (χ0v) is 11.7. The molecule has 0 saturated carbocycles. The van der Waals surface area contributed by atoms with Crippen molar-refractivity contribution in [1.29, 1.82) is 0 Å². The van der Waals surface area contributed by atoms with Gasteiger partial charge in [0.15, 0.2) is 5.78 Å². The number of Topliss-reactive ketones (excluding diaryl/α,β-unsaturated/α-hetero) is 1. The molecular weight excluding hydrogens is 313 g/mol. The van der Waals surface area contributed by atoms with E-state index in [9.17, 15) is 9.18 Å². The molecule has 19 heavy (non-hydrogen) atoms. The summed E-state index contributed by atoms with van der Waals surface area (Å²) in [6.07, 6.45) is 0. The van der Waals surface area contributed by atoms with E-state index in [2.05, 4.69) is 15.9 Å². The van der Waals surface area contributed by atoms with Gasteiger partial charge in [-0.15, -0.1) is 0 Å². The third-order valence-corrected chi connectivity index (χ3v) is 3.14. The van der Waals surface area contributed by atoms with E-state index >= 15 is 0 Å². The number of carbonyl (C=O) groups is 1. The van der Waals surface area contributed by atoms with Crippen LogP contribution in [-0.2, 0) is 0 Å². The smallest absolute Gasteiger partial charge is 0.162 e. The SMILES string of the molecule is CC(=O)c1cc(Oc2ccc(F)c(Br)c2)ccc1N. The molecule has 0 atom stereocenters. The van der Waals surface area contributed by atoms with Crippen molar-refractivity contribution < 1.29 is 13.9 Å². The normalized spacial score (nSPS) is 10.3. The third kappa shape index (κ3) is 3.12. The van der Waals surface area contributed by atoms with Crippen molar-refractivity contribution in [3.05, 3.63) is 52.3 Å². The van der Waals surface area contributed by atoms with Gasteiger partial charge in [0.25, 0.3) is 0 Å². The topological polar surface area (TPSA) is 52.3 Å². The van der Waals surface area contributed by atoms with Crippen molar-refractivity contribution in [3.63, 3.8) is 0 Å². The summed E-state index contributed by atoms with van der Waals surface area (Å²) in [5.74, 6) is 0.433. The van der Waals surface area contributed by atoms with Crippen LogP contribution < -0.4 is 10.5 Å². The average Bonchev–Trinajstić information content (AvgIpc) is 2.36. The van der Waals surface area contributed by atoms with Gasteiger partial charge < -0.3 is 10.5 Å². The molecule has 0 saturated heterocycles. The summed E-state index contributed by atoms with van der Waals surface area (Å²) in [6, 6.07) is 9.13. The van der Waals surface area contributed by atoms with Gasteiger partial charge in [-0.3, -0.25) is 4.79 Å². The number of benzene rings is 2. The summed E-state index contributed by atoms with van der Waals surface area (Å²) in [4.78, 5) is 11.4.